The molecule has 0 saturated carbocycles. The fraction of sp³-hybridized carbons (Fsp3) is 0.478. The molecule has 0 N–H and O–H groups in total. The molecule has 6 rings (SSSR count). The zero-order chi connectivity index (χ0) is 43.5. The third-order valence-corrected chi connectivity index (χ3v) is 10.5. The van der Waals surface area contributed by atoms with Crippen LogP contribution in [0.3, 0.4) is 0 Å². The molecule has 0 spiro atoms. The molecule has 2 aromatic carbocycles. The van der Waals surface area contributed by atoms with Gasteiger partial charge in [0.2, 0.25) is 11.8 Å². The van der Waals surface area contributed by atoms with Crippen molar-refractivity contribution in [2.45, 2.75) is 142 Å². The van der Waals surface area contributed by atoms with Crippen LogP contribution in [0.5, 0.6) is 0 Å². The molecular formula is C46H50N4O10. The number of nitrogens with zero attached hydrogens (tertiary/aromatic N) is 4. The van der Waals surface area contributed by atoms with Crippen molar-refractivity contribution in [2.24, 2.45) is 0 Å². The van der Waals surface area contributed by atoms with E-state index in [1.165, 1.54) is 9.80 Å². The van der Waals surface area contributed by atoms with E-state index in [1.54, 1.807) is 65.8 Å². The topological polar surface area (TPSA) is 168 Å². The summed E-state index contributed by atoms with van der Waals surface area (Å²) in [5.41, 5.74) is 1.91. The molecule has 8 amide bonds. The number of likely N-dealkylation sites (tertiary alicyclic amines) is 2. The highest BCUT2D eigenvalue weighted by atomic mass is 16.6. The quantitative estimate of drug-likeness (QED) is 0.177. The molecule has 0 aliphatic carbocycles. The van der Waals surface area contributed by atoms with E-state index >= 15 is 0 Å². The zero-order valence-electron chi connectivity index (χ0n) is 35.0. The molecule has 0 aromatic heterocycles. The van der Waals surface area contributed by atoms with E-state index in [1.807, 2.05) is 12.1 Å². The fourth-order valence-corrected chi connectivity index (χ4v) is 7.65. The van der Waals surface area contributed by atoms with E-state index in [9.17, 15) is 38.4 Å². The van der Waals surface area contributed by atoms with E-state index in [0.717, 1.165) is 25.7 Å². The van der Waals surface area contributed by atoms with E-state index in [4.69, 9.17) is 9.47 Å². The lowest BCUT2D eigenvalue weighted by molar-refractivity contribution is -0.152. The van der Waals surface area contributed by atoms with Crippen LogP contribution in [0.4, 0.5) is 9.59 Å². The number of unbranched alkanes of at least 4 members (excludes halogenated alkanes) is 5. The highest BCUT2D eigenvalue weighted by Gasteiger charge is 2.48. The largest absolute Gasteiger partial charge is 0.443 e. The maximum atomic E-state index is 13.4. The second-order valence-corrected chi connectivity index (χ2v) is 17.3. The van der Waals surface area contributed by atoms with Crippen molar-refractivity contribution in [2.75, 3.05) is 0 Å². The van der Waals surface area contributed by atoms with Crippen LogP contribution in [0.1, 0.15) is 149 Å². The molecule has 314 valence electrons. The number of carbonyl (C=O) groups is 8. The molecule has 2 unspecified atom stereocenters. The second kappa shape index (κ2) is 17.5. The van der Waals surface area contributed by atoms with Gasteiger partial charge in [-0.25, -0.2) is 9.59 Å². The molecule has 14 heteroatoms. The molecule has 2 atom stereocenters. The van der Waals surface area contributed by atoms with Gasteiger partial charge in [0.15, 0.2) is 0 Å². The fourth-order valence-electron chi connectivity index (χ4n) is 7.65. The molecule has 0 bridgehead atoms. The number of imide groups is 6. The minimum Gasteiger partial charge on any atom is -0.443 e. The molecule has 14 nitrogen and oxygen atoms in total. The number of hydrogen-bond donors (Lipinski definition) is 0. The first-order chi connectivity index (χ1) is 28.4. The lowest BCUT2D eigenvalue weighted by Crippen LogP contribution is -2.57. The maximum absolute atomic E-state index is 13.4. The second-order valence-electron chi connectivity index (χ2n) is 17.3. The average Bonchev–Trinajstić information content (AvgIpc) is 3.67. The zero-order valence-corrected chi connectivity index (χ0v) is 35.0. The van der Waals surface area contributed by atoms with Crippen LogP contribution in [0.2, 0.25) is 0 Å². The van der Waals surface area contributed by atoms with Crippen LogP contribution in [-0.2, 0) is 41.7 Å². The summed E-state index contributed by atoms with van der Waals surface area (Å²) in [4.78, 5) is 108. The van der Waals surface area contributed by atoms with E-state index in [-0.39, 0.29) is 50.6 Å². The average molecular weight is 819 g/mol. The summed E-state index contributed by atoms with van der Waals surface area (Å²) in [6, 6.07) is 8.63. The smallest absolute Gasteiger partial charge is 0.424 e. The van der Waals surface area contributed by atoms with Gasteiger partial charge >= 0.3 is 12.2 Å². The van der Waals surface area contributed by atoms with E-state index < -0.39 is 59.1 Å². The Morgan fingerprint density at radius 1 is 0.600 bits per heavy atom. The Labute approximate surface area is 349 Å². The van der Waals surface area contributed by atoms with Crippen LogP contribution in [-0.4, -0.2) is 90.5 Å². The number of rotatable bonds is 7. The van der Waals surface area contributed by atoms with Crippen LogP contribution in [0, 0.1) is 23.7 Å². The van der Waals surface area contributed by atoms with Gasteiger partial charge in [0.25, 0.3) is 23.6 Å². The Kier molecular flexibility index (Phi) is 12.6. The first kappa shape index (κ1) is 43.3. The van der Waals surface area contributed by atoms with Crippen molar-refractivity contribution in [1.29, 1.82) is 0 Å². The molecule has 4 heterocycles. The molecular weight excluding hydrogens is 769 g/mol. The van der Waals surface area contributed by atoms with Crippen molar-refractivity contribution in [3.8, 4) is 23.7 Å². The number of ether oxygens (including phenoxy) is 2. The molecule has 4 aliphatic heterocycles. The van der Waals surface area contributed by atoms with Crippen molar-refractivity contribution >= 4 is 47.6 Å². The first-order valence-electron chi connectivity index (χ1n) is 20.4. The molecule has 2 fully saturated rings. The van der Waals surface area contributed by atoms with Gasteiger partial charge in [-0.05, 0) is 103 Å². The Bertz CT molecular complexity index is 2120. The summed E-state index contributed by atoms with van der Waals surface area (Å²) < 4.78 is 10.6. The predicted molar refractivity (Wildman–Crippen MR) is 216 cm³/mol. The summed E-state index contributed by atoms with van der Waals surface area (Å²) in [5.74, 6) is 9.31. The SMILES string of the molecule is CC(C)(C)OC(=O)N1C(=O)CCC(N2Cc3c(C#CCCCCCCC#Cc4cccc5c4CN(C4CCC(=O)N(C(=O)OC(C)(C)C)C4=O)C5=O)cccc3C2=O)C1=O. The lowest BCUT2D eigenvalue weighted by Gasteiger charge is -2.35. The van der Waals surface area contributed by atoms with Crippen molar-refractivity contribution in [3.05, 3.63) is 69.8 Å². The Balaban J connectivity index is 0.973. The number of fused-ring (bicyclic) bond motifs is 2. The maximum Gasteiger partial charge on any atom is 0.424 e. The van der Waals surface area contributed by atoms with Gasteiger partial charge in [-0.3, -0.25) is 28.8 Å². The normalized spacial score (nSPS) is 19.1. The number of piperidine rings is 2. The van der Waals surface area contributed by atoms with Gasteiger partial charge in [-0.2, -0.15) is 9.80 Å². The summed E-state index contributed by atoms with van der Waals surface area (Å²) in [6.07, 6.45) is 2.92. The first-order valence-corrected chi connectivity index (χ1v) is 20.4. The van der Waals surface area contributed by atoms with Crippen LogP contribution >= 0.6 is 0 Å². The Hall–Kier alpha value is -6.28. The van der Waals surface area contributed by atoms with Gasteiger partial charge in [0.05, 0.1) is 0 Å². The molecule has 2 saturated heterocycles. The summed E-state index contributed by atoms with van der Waals surface area (Å²) >= 11 is 0. The number of amides is 8. The third-order valence-electron chi connectivity index (χ3n) is 10.5. The molecule has 4 aliphatic rings. The van der Waals surface area contributed by atoms with Gasteiger partial charge in [0.1, 0.15) is 23.3 Å². The monoisotopic (exact) mass is 818 g/mol. The molecule has 0 radical (unpaired) electrons. The standard InChI is InChI=1S/C46H50N4O10/c1-45(2,3)59-43(57)49-37(51)25-23-35(41(49)55)47-27-33-29(19-15-21-31(33)39(47)53)17-13-11-9-7-8-10-12-14-18-30-20-16-22-32-34(30)28-48(40(32)54)36-24-26-38(52)50(42(36)56)44(58)60-46(4,5)6/h15-16,19-22,35-36H,7-12,23-28H2,1-6H3. The van der Waals surface area contributed by atoms with E-state index in [2.05, 4.69) is 23.7 Å². The minimum atomic E-state index is -1.04. The highest BCUT2D eigenvalue weighted by molar-refractivity contribution is 6.14. The van der Waals surface area contributed by atoms with Gasteiger partial charge in [0, 0.05) is 61.0 Å². The number of carbonyl (C=O) groups excluding carboxylic acids is 8. The minimum absolute atomic E-state index is 0.0686. The number of hydrogen-bond acceptors (Lipinski definition) is 10. The predicted octanol–water partition coefficient (Wildman–Crippen LogP) is 6.25. The Morgan fingerprint density at radius 3 is 1.35 bits per heavy atom. The molecule has 2 aromatic rings. The van der Waals surface area contributed by atoms with Gasteiger partial charge in [-0.15, -0.1) is 0 Å². The molecule has 60 heavy (non-hydrogen) atoms. The van der Waals surface area contributed by atoms with Crippen molar-refractivity contribution in [1.82, 2.24) is 19.6 Å². The van der Waals surface area contributed by atoms with Crippen LogP contribution in [0.25, 0.3) is 0 Å². The number of benzene rings is 2. The van der Waals surface area contributed by atoms with Crippen molar-refractivity contribution < 1.29 is 47.8 Å². The Morgan fingerprint density at radius 2 is 0.983 bits per heavy atom. The highest BCUT2D eigenvalue weighted by Crippen LogP contribution is 2.33. The lowest BCUT2D eigenvalue weighted by atomic mass is 10.0. The summed E-state index contributed by atoms with van der Waals surface area (Å²) in [6.45, 7) is 10.1. The van der Waals surface area contributed by atoms with Gasteiger partial charge in [-0.1, -0.05) is 48.7 Å². The third kappa shape index (κ3) is 9.44. The summed E-state index contributed by atoms with van der Waals surface area (Å²) in [5, 5.41) is 0. The van der Waals surface area contributed by atoms with Crippen LogP contribution < -0.4 is 0 Å². The van der Waals surface area contributed by atoms with E-state index in [0.29, 0.717) is 56.0 Å². The summed E-state index contributed by atoms with van der Waals surface area (Å²) in [7, 11) is 0. The van der Waals surface area contributed by atoms with Gasteiger partial charge < -0.3 is 19.3 Å². The van der Waals surface area contributed by atoms with Crippen molar-refractivity contribution in [3.63, 3.8) is 0 Å². The van der Waals surface area contributed by atoms with Crippen LogP contribution in [0.15, 0.2) is 36.4 Å².